The number of thioether (sulfide) groups is 1. The van der Waals surface area contributed by atoms with Gasteiger partial charge in [-0.1, -0.05) is 42.1 Å². The first-order chi connectivity index (χ1) is 12.0. The number of carbonyl (C=O) groups is 1. The topological polar surface area (TPSA) is 72.7 Å². The molecular formula is C18H19N5OS. The zero-order chi connectivity index (χ0) is 17.8. The van der Waals surface area contributed by atoms with Crippen LogP contribution in [0.3, 0.4) is 0 Å². The normalized spacial score (nSPS) is 12.0. The summed E-state index contributed by atoms with van der Waals surface area (Å²) in [5, 5.41) is 15.1. The molecule has 1 heterocycles. The molecule has 0 aliphatic heterocycles. The van der Waals surface area contributed by atoms with E-state index < -0.39 is 0 Å². The van der Waals surface area contributed by atoms with Gasteiger partial charge in [-0.05, 0) is 60.5 Å². The number of nitrogens with one attached hydrogen (secondary N) is 1. The molecular weight excluding hydrogens is 334 g/mol. The highest BCUT2D eigenvalue weighted by atomic mass is 32.2. The fourth-order valence-electron chi connectivity index (χ4n) is 2.38. The number of hydrogen-bond acceptors (Lipinski definition) is 5. The fourth-order valence-corrected chi connectivity index (χ4v) is 3.18. The van der Waals surface area contributed by atoms with Gasteiger partial charge in [0.25, 0.3) is 0 Å². The molecule has 3 aromatic rings. The SMILES string of the molecule is Cc1cccc(NC(=O)[C@@H](C)Sc2nnnn2-c2ccccc2C)c1. The number of para-hydroxylation sites is 1. The summed E-state index contributed by atoms with van der Waals surface area (Å²) in [6, 6.07) is 15.6. The third kappa shape index (κ3) is 4.06. The second kappa shape index (κ2) is 7.48. The van der Waals surface area contributed by atoms with Crippen molar-refractivity contribution < 1.29 is 4.79 Å². The Morgan fingerprint density at radius 3 is 2.72 bits per heavy atom. The second-order valence-electron chi connectivity index (χ2n) is 5.78. The van der Waals surface area contributed by atoms with Crippen molar-refractivity contribution in [1.29, 1.82) is 0 Å². The van der Waals surface area contributed by atoms with Crippen molar-refractivity contribution in [3.8, 4) is 5.69 Å². The van der Waals surface area contributed by atoms with Gasteiger partial charge in [-0.15, -0.1) is 5.10 Å². The van der Waals surface area contributed by atoms with Gasteiger partial charge in [0.15, 0.2) is 0 Å². The molecule has 2 aromatic carbocycles. The molecule has 0 saturated carbocycles. The number of tetrazole rings is 1. The number of amides is 1. The van der Waals surface area contributed by atoms with Crippen molar-refractivity contribution in [3.63, 3.8) is 0 Å². The number of nitrogens with zero attached hydrogens (tertiary/aromatic N) is 4. The molecule has 7 heteroatoms. The lowest BCUT2D eigenvalue weighted by molar-refractivity contribution is -0.115. The molecule has 1 amide bonds. The van der Waals surface area contributed by atoms with Gasteiger partial charge in [-0.3, -0.25) is 4.79 Å². The zero-order valence-corrected chi connectivity index (χ0v) is 15.1. The Balaban J connectivity index is 1.74. The maximum atomic E-state index is 12.5. The first kappa shape index (κ1) is 17.2. The van der Waals surface area contributed by atoms with Crippen LogP contribution >= 0.6 is 11.8 Å². The summed E-state index contributed by atoms with van der Waals surface area (Å²) in [5.74, 6) is -0.0880. The molecule has 1 aromatic heterocycles. The van der Waals surface area contributed by atoms with E-state index in [1.165, 1.54) is 11.8 Å². The molecule has 1 atom stereocenters. The van der Waals surface area contributed by atoms with Crippen molar-refractivity contribution in [3.05, 3.63) is 59.7 Å². The number of aryl methyl sites for hydroxylation is 2. The highest BCUT2D eigenvalue weighted by molar-refractivity contribution is 8.00. The third-order valence-corrected chi connectivity index (χ3v) is 4.75. The zero-order valence-electron chi connectivity index (χ0n) is 14.3. The van der Waals surface area contributed by atoms with E-state index in [1.54, 1.807) is 4.68 Å². The molecule has 25 heavy (non-hydrogen) atoms. The maximum absolute atomic E-state index is 12.5. The molecule has 0 saturated heterocycles. The summed E-state index contributed by atoms with van der Waals surface area (Å²) < 4.78 is 1.66. The van der Waals surface area contributed by atoms with Crippen LogP contribution in [0.15, 0.2) is 53.7 Å². The Bertz CT molecular complexity index is 892. The summed E-state index contributed by atoms with van der Waals surface area (Å²) in [4.78, 5) is 12.5. The second-order valence-corrected chi connectivity index (χ2v) is 7.09. The van der Waals surface area contributed by atoms with E-state index in [9.17, 15) is 4.79 Å². The highest BCUT2D eigenvalue weighted by Gasteiger charge is 2.20. The van der Waals surface area contributed by atoms with Crippen LogP contribution in [0.5, 0.6) is 0 Å². The maximum Gasteiger partial charge on any atom is 0.237 e. The van der Waals surface area contributed by atoms with Gasteiger partial charge in [-0.2, -0.15) is 4.68 Å². The van der Waals surface area contributed by atoms with E-state index in [1.807, 2.05) is 69.3 Å². The molecule has 0 bridgehead atoms. The fraction of sp³-hybridized carbons (Fsp3) is 0.222. The average Bonchev–Trinajstić information content (AvgIpc) is 3.03. The number of carbonyl (C=O) groups excluding carboxylic acids is 1. The lowest BCUT2D eigenvalue weighted by Crippen LogP contribution is -2.23. The summed E-state index contributed by atoms with van der Waals surface area (Å²) >= 11 is 1.33. The largest absolute Gasteiger partial charge is 0.325 e. The lowest BCUT2D eigenvalue weighted by atomic mass is 10.2. The van der Waals surface area contributed by atoms with Crippen molar-refractivity contribution in [1.82, 2.24) is 20.2 Å². The van der Waals surface area contributed by atoms with Crippen LogP contribution in [0.1, 0.15) is 18.1 Å². The van der Waals surface area contributed by atoms with Gasteiger partial charge in [0.05, 0.1) is 10.9 Å². The van der Waals surface area contributed by atoms with Gasteiger partial charge in [-0.25, -0.2) is 0 Å². The van der Waals surface area contributed by atoms with Gasteiger partial charge < -0.3 is 5.32 Å². The summed E-state index contributed by atoms with van der Waals surface area (Å²) in [7, 11) is 0. The Morgan fingerprint density at radius 1 is 1.16 bits per heavy atom. The third-order valence-electron chi connectivity index (χ3n) is 3.72. The Morgan fingerprint density at radius 2 is 1.96 bits per heavy atom. The predicted molar refractivity (Wildman–Crippen MR) is 99.0 cm³/mol. The highest BCUT2D eigenvalue weighted by Crippen LogP contribution is 2.25. The molecule has 0 radical (unpaired) electrons. The first-order valence-electron chi connectivity index (χ1n) is 7.93. The number of benzene rings is 2. The van der Waals surface area contributed by atoms with Crippen molar-refractivity contribution in [2.45, 2.75) is 31.2 Å². The molecule has 1 N–H and O–H groups in total. The summed E-state index contributed by atoms with van der Waals surface area (Å²) in [5.41, 5.74) is 3.85. The molecule has 3 rings (SSSR count). The molecule has 6 nitrogen and oxygen atoms in total. The number of anilines is 1. The molecule has 0 aliphatic rings. The van der Waals surface area contributed by atoms with Crippen LogP contribution < -0.4 is 5.32 Å². The minimum Gasteiger partial charge on any atom is -0.325 e. The summed E-state index contributed by atoms with van der Waals surface area (Å²) in [6.45, 7) is 5.83. The molecule has 0 fully saturated rings. The predicted octanol–water partition coefficient (Wildman–Crippen LogP) is 3.40. The standard InChI is InChI=1S/C18H19N5OS/c1-12-7-6-9-15(11-12)19-17(24)14(3)25-18-20-21-22-23(18)16-10-5-4-8-13(16)2/h4-11,14H,1-3H3,(H,19,24)/t14-/m1/s1. The first-order valence-corrected chi connectivity index (χ1v) is 8.81. The number of aromatic nitrogens is 4. The number of hydrogen-bond donors (Lipinski definition) is 1. The Labute approximate surface area is 150 Å². The molecule has 0 spiro atoms. The van der Waals surface area contributed by atoms with E-state index >= 15 is 0 Å². The van der Waals surface area contributed by atoms with E-state index in [0.29, 0.717) is 5.16 Å². The molecule has 0 aliphatic carbocycles. The minimum absolute atomic E-state index is 0.0880. The monoisotopic (exact) mass is 353 g/mol. The van der Waals surface area contributed by atoms with Crippen LogP contribution in [0.25, 0.3) is 5.69 Å². The van der Waals surface area contributed by atoms with Crippen LogP contribution in [0.4, 0.5) is 5.69 Å². The lowest BCUT2D eigenvalue weighted by Gasteiger charge is -2.12. The van der Waals surface area contributed by atoms with Crippen LogP contribution in [-0.2, 0) is 4.79 Å². The van der Waals surface area contributed by atoms with Gasteiger partial charge in [0.1, 0.15) is 0 Å². The van der Waals surface area contributed by atoms with Gasteiger partial charge >= 0.3 is 0 Å². The molecule has 128 valence electrons. The average molecular weight is 353 g/mol. The van der Waals surface area contributed by atoms with Crippen molar-refractivity contribution >= 4 is 23.4 Å². The van der Waals surface area contributed by atoms with Crippen LogP contribution in [0, 0.1) is 13.8 Å². The smallest absolute Gasteiger partial charge is 0.237 e. The number of rotatable bonds is 5. The van der Waals surface area contributed by atoms with E-state index in [2.05, 4.69) is 20.8 Å². The van der Waals surface area contributed by atoms with E-state index in [4.69, 9.17) is 0 Å². The van der Waals surface area contributed by atoms with Crippen molar-refractivity contribution in [2.75, 3.05) is 5.32 Å². The van der Waals surface area contributed by atoms with Crippen molar-refractivity contribution in [2.24, 2.45) is 0 Å². The Hall–Kier alpha value is -2.67. The molecule has 0 unspecified atom stereocenters. The Kier molecular flexibility index (Phi) is 5.14. The van der Waals surface area contributed by atoms with Crippen LogP contribution in [-0.4, -0.2) is 31.4 Å². The van der Waals surface area contributed by atoms with Crippen LogP contribution in [0.2, 0.25) is 0 Å². The van der Waals surface area contributed by atoms with E-state index in [-0.39, 0.29) is 11.2 Å². The van der Waals surface area contributed by atoms with Gasteiger partial charge in [0, 0.05) is 5.69 Å². The quantitative estimate of drug-likeness (QED) is 0.712. The van der Waals surface area contributed by atoms with E-state index in [0.717, 1.165) is 22.5 Å². The summed E-state index contributed by atoms with van der Waals surface area (Å²) in [6.07, 6.45) is 0. The van der Waals surface area contributed by atoms with Gasteiger partial charge in [0.2, 0.25) is 11.1 Å². The minimum atomic E-state index is -0.339.